The Morgan fingerprint density at radius 3 is 1.83 bits per heavy atom. The minimum atomic E-state index is -1.16. The Hall–Kier alpha value is 0.130. The van der Waals surface area contributed by atoms with Crippen LogP contribution in [0, 0.1) is 5.41 Å². The van der Waals surface area contributed by atoms with E-state index in [0.29, 0.717) is 0 Å². The van der Waals surface area contributed by atoms with Crippen LogP contribution in [0.2, 0.25) is 0 Å². The Kier molecular flexibility index (Phi) is 3.93. The lowest BCUT2D eigenvalue weighted by Gasteiger charge is -2.29. The molecule has 0 rings (SSSR count). The Balaban J connectivity index is 4.44. The molecule has 1 unspecified atom stereocenters. The van der Waals surface area contributed by atoms with E-state index >= 15 is 0 Å². The van der Waals surface area contributed by atoms with Gasteiger partial charge < -0.3 is 4.89 Å². The van der Waals surface area contributed by atoms with Gasteiger partial charge >= 0.3 is 0 Å². The second kappa shape index (κ2) is 3.89. The molecule has 0 saturated carbocycles. The fraction of sp³-hybridized carbons (Fsp3) is 0.900. The molecule has 0 aliphatic rings. The molecule has 0 radical (unpaired) electrons. The van der Waals surface area contributed by atoms with Crippen molar-refractivity contribution in [2.75, 3.05) is 0 Å². The highest BCUT2D eigenvalue weighted by Crippen LogP contribution is 2.41. The summed E-state index contributed by atoms with van der Waals surface area (Å²) >= 11 is 0. The molecule has 0 bridgehead atoms. The van der Waals surface area contributed by atoms with Gasteiger partial charge in [-0.25, -0.2) is 0 Å². The highest BCUT2D eigenvalue weighted by atomic mass is 31.1. The van der Waals surface area contributed by atoms with Crippen molar-refractivity contribution >= 4 is 13.6 Å². The van der Waals surface area contributed by atoms with Gasteiger partial charge in [0.1, 0.15) is 5.16 Å². The van der Waals surface area contributed by atoms with Crippen LogP contribution >= 0.6 is 7.77 Å². The molecule has 0 aromatic heterocycles. The molecular formula is C10H21OP. The average Bonchev–Trinajstić information content (AvgIpc) is 1.80. The first-order valence-electron chi connectivity index (χ1n) is 4.45. The SMILES string of the molecule is CC=[P+]([O-])C(C)(C)CC(C)(C)C. The van der Waals surface area contributed by atoms with E-state index < -0.39 is 7.77 Å². The van der Waals surface area contributed by atoms with E-state index in [2.05, 4.69) is 34.6 Å². The highest BCUT2D eigenvalue weighted by molar-refractivity contribution is 7.51. The van der Waals surface area contributed by atoms with Crippen molar-refractivity contribution in [2.24, 2.45) is 5.41 Å². The summed E-state index contributed by atoms with van der Waals surface area (Å²) in [7, 11) is -1.16. The van der Waals surface area contributed by atoms with Gasteiger partial charge in [-0.1, -0.05) is 20.8 Å². The highest BCUT2D eigenvalue weighted by Gasteiger charge is 2.32. The summed E-state index contributed by atoms with van der Waals surface area (Å²) in [6, 6.07) is 0. The van der Waals surface area contributed by atoms with Crippen molar-refractivity contribution in [1.29, 1.82) is 0 Å². The van der Waals surface area contributed by atoms with E-state index in [0.717, 1.165) is 6.42 Å². The van der Waals surface area contributed by atoms with Crippen LogP contribution in [0.15, 0.2) is 0 Å². The van der Waals surface area contributed by atoms with Gasteiger partial charge in [0, 0.05) is 0 Å². The van der Waals surface area contributed by atoms with Crippen molar-refractivity contribution in [1.82, 2.24) is 0 Å². The van der Waals surface area contributed by atoms with Crippen LogP contribution in [0.25, 0.3) is 0 Å². The molecule has 0 spiro atoms. The maximum absolute atomic E-state index is 11.6. The van der Waals surface area contributed by atoms with Gasteiger partial charge in [0.25, 0.3) is 0 Å². The summed E-state index contributed by atoms with van der Waals surface area (Å²) in [5.74, 6) is 1.82. The predicted octanol–water partition coefficient (Wildman–Crippen LogP) is 2.78. The van der Waals surface area contributed by atoms with Gasteiger partial charge in [0.2, 0.25) is 0 Å². The molecule has 0 N–H and O–H groups in total. The number of hydrogen-bond acceptors (Lipinski definition) is 1. The van der Waals surface area contributed by atoms with E-state index in [1.54, 1.807) is 0 Å². The monoisotopic (exact) mass is 188 g/mol. The van der Waals surface area contributed by atoms with Gasteiger partial charge in [0.15, 0.2) is 0 Å². The summed E-state index contributed by atoms with van der Waals surface area (Å²) in [4.78, 5) is 11.6. The average molecular weight is 188 g/mol. The van der Waals surface area contributed by atoms with E-state index in [1.165, 1.54) is 0 Å². The van der Waals surface area contributed by atoms with Gasteiger partial charge in [-0.15, -0.1) is 0 Å². The zero-order valence-corrected chi connectivity index (χ0v) is 10.0. The lowest BCUT2D eigenvalue weighted by Crippen LogP contribution is -2.26. The van der Waals surface area contributed by atoms with Gasteiger partial charge in [-0.05, 0) is 32.6 Å². The summed E-state index contributed by atoms with van der Waals surface area (Å²) in [6.45, 7) is 12.6. The summed E-state index contributed by atoms with van der Waals surface area (Å²) in [5, 5.41) is -0.0532. The largest absolute Gasteiger partial charge is 0.630 e. The van der Waals surface area contributed by atoms with Gasteiger partial charge in [-0.3, -0.25) is 0 Å². The predicted molar refractivity (Wildman–Crippen MR) is 56.8 cm³/mol. The second-order valence-electron chi connectivity index (χ2n) is 5.13. The van der Waals surface area contributed by atoms with E-state index in [1.807, 2.05) is 12.7 Å². The molecule has 0 aliphatic carbocycles. The lowest BCUT2D eigenvalue weighted by atomic mass is 9.86. The first-order valence-corrected chi connectivity index (χ1v) is 5.78. The normalized spacial score (nSPS) is 15.1. The molecule has 0 amide bonds. The topological polar surface area (TPSA) is 23.1 Å². The van der Waals surface area contributed by atoms with Crippen molar-refractivity contribution < 1.29 is 4.89 Å². The van der Waals surface area contributed by atoms with Gasteiger partial charge in [0.05, 0.1) is 13.6 Å². The Morgan fingerprint density at radius 2 is 1.58 bits per heavy atom. The van der Waals surface area contributed by atoms with Crippen LogP contribution in [0.4, 0.5) is 0 Å². The van der Waals surface area contributed by atoms with Crippen molar-refractivity contribution in [3.63, 3.8) is 0 Å². The molecule has 12 heavy (non-hydrogen) atoms. The first kappa shape index (κ1) is 12.1. The van der Waals surface area contributed by atoms with Crippen molar-refractivity contribution in [2.45, 2.75) is 53.1 Å². The molecule has 1 atom stereocenters. The van der Waals surface area contributed by atoms with Crippen LogP contribution in [-0.2, 0) is 0 Å². The summed E-state index contributed by atoms with van der Waals surface area (Å²) in [5.41, 5.74) is 0.261. The van der Waals surface area contributed by atoms with Crippen LogP contribution in [0.3, 0.4) is 0 Å². The zero-order chi connectivity index (χ0) is 9.99. The van der Waals surface area contributed by atoms with E-state index in [9.17, 15) is 4.89 Å². The van der Waals surface area contributed by atoms with Crippen molar-refractivity contribution in [3.8, 4) is 0 Å². The standard InChI is InChI=1S/C10H21OP/c1-7-12(11)10(5,6)8-9(2,3)4/h7H,8H2,1-6H3. The molecule has 0 saturated heterocycles. The fourth-order valence-corrected chi connectivity index (χ4v) is 3.05. The third-order valence-electron chi connectivity index (χ3n) is 1.79. The third-order valence-corrected chi connectivity index (χ3v) is 3.61. The minimum Gasteiger partial charge on any atom is -0.630 e. The third kappa shape index (κ3) is 4.23. The minimum absolute atomic E-state index is 0.0532. The lowest BCUT2D eigenvalue weighted by molar-refractivity contribution is -0.157. The number of rotatable bonds is 2. The van der Waals surface area contributed by atoms with Crippen molar-refractivity contribution in [3.05, 3.63) is 0 Å². The maximum Gasteiger partial charge on any atom is 0.117 e. The first-order chi connectivity index (χ1) is 5.19. The van der Waals surface area contributed by atoms with Crippen LogP contribution in [0.5, 0.6) is 0 Å². The molecule has 0 aromatic carbocycles. The molecule has 2 heteroatoms. The molecule has 0 heterocycles. The van der Waals surface area contributed by atoms with Gasteiger partial charge in [-0.2, -0.15) is 0 Å². The molecule has 0 fully saturated rings. The fourth-order valence-electron chi connectivity index (χ4n) is 1.73. The number of hydrogen-bond donors (Lipinski definition) is 0. The Morgan fingerprint density at radius 1 is 1.17 bits per heavy atom. The molecule has 0 aliphatic heterocycles. The molecule has 1 nitrogen and oxygen atoms in total. The maximum atomic E-state index is 11.6. The quantitative estimate of drug-likeness (QED) is 0.611. The molecule has 72 valence electrons. The zero-order valence-electron chi connectivity index (χ0n) is 9.14. The van der Waals surface area contributed by atoms with E-state index in [-0.39, 0.29) is 10.6 Å². The summed E-state index contributed by atoms with van der Waals surface area (Å²) < 4.78 is 0. The van der Waals surface area contributed by atoms with Crippen LogP contribution in [-0.4, -0.2) is 11.0 Å². The summed E-state index contributed by atoms with van der Waals surface area (Å²) in [6.07, 6.45) is 1.000. The second-order valence-corrected chi connectivity index (χ2v) is 7.51. The van der Waals surface area contributed by atoms with E-state index in [4.69, 9.17) is 0 Å². The molecular weight excluding hydrogens is 167 g/mol. The Labute approximate surface area is 77.7 Å². The van der Waals surface area contributed by atoms with Crippen LogP contribution < -0.4 is 4.89 Å². The Bertz CT molecular complexity index is 175. The smallest absolute Gasteiger partial charge is 0.117 e. The molecule has 0 aromatic rings. The van der Waals surface area contributed by atoms with Crippen LogP contribution in [0.1, 0.15) is 48.0 Å².